The molecule has 0 aromatic heterocycles. The van der Waals surface area contributed by atoms with Gasteiger partial charge in [-0.3, -0.25) is 14.9 Å². The van der Waals surface area contributed by atoms with E-state index < -0.39 is 10.5 Å². The first kappa shape index (κ1) is 15.9. The maximum atomic E-state index is 12.2. The van der Waals surface area contributed by atoms with Crippen molar-refractivity contribution in [2.45, 2.75) is 25.9 Å². The number of carbonyl (C=O) groups excluding carboxylic acids is 1. The summed E-state index contributed by atoms with van der Waals surface area (Å²) in [6.07, 6.45) is 0.491. The summed E-state index contributed by atoms with van der Waals surface area (Å²) in [4.78, 5) is 22.3. The number of hydrogen-bond donors (Lipinski definition) is 1. The predicted octanol–water partition coefficient (Wildman–Crippen LogP) is 2.36. The molecular weight excluding hydrogens is 264 g/mol. The van der Waals surface area contributed by atoms with Crippen LogP contribution < -0.4 is 10.1 Å². The second kappa shape index (κ2) is 6.33. The molecule has 7 nitrogen and oxygen atoms in total. The van der Waals surface area contributed by atoms with E-state index in [4.69, 9.17) is 9.47 Å². The molecule has 0 aliphatic heterocycles. The van der Waals surface area contributed by atoms with Crippen LogP contribution in [-0.4, -0.2) is 30.7 Å². The molecule has 1 aromatic rings. The number of anilines is 1. The number of methoxy groups -OCH3 is 2. The lowest BCUT2D eigenvalue weighted by Gasteiger charge is -2.25. The zero-order valence-electron chi connectivity index (χ0n) is 11.9. The van der Waals surface area contributed by atoms with Crippen LogP contribution in [0, 0.1) is 10.1 Å². The summed E-state index contributed by atoms with van der Waals surface area (Å²) in [6.45, 7) is 3.50. The van der Waals surface area contributed by atoms with Gasteiger partial charge in [-0.1, -0.05) is 6.92 Å². The van der Waals surface area contributed by atoms with E-state index in [2.05, 4.69) is 5.32 Å². The summed E-state index contributed by atoms with van der Waals surface area (Å²) >= 11 is 0. The monoisotopic (exact) mass is 282 g/mol. The normalized spacial score (nSPS) is 13.4. The van der Waals surface area contributed by atoms with Crippen LogP contribution in [0.4, 0.5) is 11.4 Å². The average molecular weight is 282 g/mol. The van der Waals surface area contributed by atoms with Crippen molar-refractivity contribution in [1.29, 1.82) is 0 Å². The van der Waals surface area contributed by atoms with E-state index in [-0.39, 0.29) is 17.3 Å². The summed E-state index contributed by atoms with van der Waals surface area (Å²) in [5.74, 6) is -0.114. The second-order valence-electron chi connectivity index (χ2n) is 4.38. The van der Waals surface area contributed by atoms with Crippen molar-refractivity contribution in [1.82, 2.24) is 0 Å². The Morgan fingerprint density at radius 2 is 2.10 bits per heavy atom. The lowest BCUT2D eigenvalue weighted by atomic mass is 10.0. The second-order valence-corrected chi connectivity index (χ2v) is 4.38. The third-order valence-electron chi connectivity index (χ3n) is 3.25. The number of nitrogens with zero attached hydrogens (tertiary/aromatic N) is 1. The molecule has 1 N–H and O–H groups in total. The molecule has 0 heterocycles. The van der Waals surface area contributed by atoms with Crippen LogP contribution >= 0.6 is 0 Å². The molecule has 0 aliphatic rings. The van der Waals surface area contributed by atoms with Gasteiger partial charge in [-0.05, 0) is 19.4 Å². The fourth-order valence-electron chi connectivity index (χ4n) is 1.55. The predicted molar refractivity (Wildman–Crippen MR) is 74.0 cm³/mol. The summed E-state index contributed by atoms with van der Waals surface area (Å²) in [5.41, 5.74) is -0.711. The summed E-state index contributed by atoms with van der Waals surface area (Å²) < 4.78 is 10.3. The molecule has 0 radical (unpaired) electrons. The molecule has 1 amide bonds. The zero-order chi connectivity index (χ0) is 15.3. The SMILES string of the molecule is CCC(C)(OC)C(=O)Nc1ccc([N+](=O)[O-])cc1OC. The number of nitro benzene ring substituents is 1. The highest BCUT2D eigenvalue weighted by molar-refractivity contribution is 5.98. The maximum Gasteiger partial charge on any atom is 0.273 e. The maximum absolute atomic E-state index is 12.2. The Bertz CT molecular complexity index is 511. The van der Waals surface area contributed by atoms with E-state index in [9.17, 15) is 14.9 Å². The lowest BCUT2D eigenvalue weighted by molar-refractivity contribution is -0.384. The van der Waals surface area contributed by atoms with Crippen molar-refractivity contribution < 1.29 is 19.2 Å². The summed E-state index contributed by atoms with van der Waals surface area (Å²) in [5, 5.41) is 13.4. The molecule has 0 bridgehead atoms. The highest BCUT2D eigenvalue weighted by Gasteiger charge is 2.31. The van der Waals surface area contributed by atoms with E-state index in [0.717, 1.165) is 0 Å². The van der Waals surface area contributed by atoms with Gasteiger partial charge in [0.2, 0.25) is 0 Å². The van der Waals surface area contributed by atoms with Crippen molar-refractivity contribution >= 4 is 17.3 Å². The first-order chi connectivity index (χ1) is 9.37. The number of nitrogens with one attached hydrogen (secondary N) is 1. The van der Waals surface area contributed by atoms with Crippen LogP contribution in [0.3, 0.4) is 0 Å². The lowest BCUT2D eigenvalue weighted by Crippen LogP contribution is -2.41. The van der Waals surface area contributed by atoms with Gasteiger partial charge in [0.05, 0.1) is 23.8 Å². The number of hydrogen-bond acceptors (Lipinski definition) is 5. The van der Waals surface area contributed by atoms with Crippen molar-refractivity contribution in [3.63, 3.8) is 0 Å². The van der Waals surface area contributed by atoms with Gasteiger partial charge in [0.25, 0.3) is 11.6 Å². The molecular formula is C13H18N2O5. The fourth-order valence-corrected chi connectivity index (χ4v) is 1.55. The topological polar surface area (TPSA) is 90.7 Å². The third kappa shape index (κ3) is 3.24. The Labute approximate surface area is 117 Å². The van der Waals surface area contributed by atoms with Gasteiger partial charge in [0, 0.05) is 13.2 Å². The minimum atomic E-state index is -0.965. The first-order valence-corrected chi connectivity index (χ1v) is 6.07. The van der Waals surface area contributed by atoms with Crippen LogP contribution in [0.5, 0.6) is 5.75 Å². The molecule has 0 fully saturated rings. The Hall–Kier alpha value is -2.15. The number of nitro groups is 1. The number of amides is 1. The molecule has 0 saturated carbocycles. The number of rotatable bonds is 6. The molecule has 1 unspecified atom stereocenters. The van der Waals surface area contributed by atoms with E-state index in [1.54, 1.807) is 6.92 Å². The van der Waals surface area contributed by atoms with Crippen LogP contribution in [0.25, 0.3) is 0 Å². The van der Waals surface area contributed by atoms with Gasteiger partial charge in [-0.15, -0.1) is 0 Å². The highest BCUT2D eigenvalue weighted by atomic mass is 16.6. The Morgan fingerprint density at radius 3 is 2.55 bits per heavy atom. The molecule has 1 atom stereocenters. The van der Waals surface area contributed by atoms with Crippen LogP contribution in [-0.2, 0) is 9.53 Å². The minimum absolute atomic E-state index is 0.107. The number of non-ortho nitro benzene ring substituents is 1. The molecule has 1 rings (SSSR count). The number of ether oxygens (including phenoxy) is 2. The number of benzene rings is 1. The molecule has 0 spiro atoms. The molecule has 20 heavy (non-hydrogen) atoms. The van der Waals surface area contributed by atoms with E-state index in [1.807, 2.05) is 6.92 Å². The largest absolute Gasteiger partial charge is 0.494 e. The standard InChI is InChI=1S/C13H18N2O5/c1-5-13(2,20-4)12(16)14-10-7-6-9(15(17)18)8-11(10)19-3/h6-8H,5H2,1-4H3,(H,14,16). The van der Waals surface area contributed by atoms with Gasteiger partial charge >= 0.3 is 0 Å². The van der Waals surface area contributed by atoms with E-state index in [1.165, 1.54) is 32.4 Å². The summed E-state index contributed by atoms with van der Waals surface area (Å²) in [6, 6.07) is 3.99. The van der Waals surface area contributed by atoms with Gasteiger partial charge in [-0.25, -0.2) is 0 Å². The Balaban J connectivity index is 3.04. The van der Waals surface area contributed by atoms with E-state index >= 15 is 0 Å². The Morgan fingerprint density at radius 1 is 1.45 bits per heavy atom. The van der Waals surface area contributed by atoms with Gasteiger partial charge in [-0.2, -0.15) is 0 Å². The third-order valence-corrected chi connectivity index (χ3v) is 3.25. The number of carbonyl (C=O) groups is 1. The molecule has 0 aliphatic carbocycles. The van der Waals surface area contributed by atoms with Crippen molar-refractivity contribution in [2.75, 3.05) is 19.5 Å². The quantitative estimate of drug-likeness (QED) is 0.639. The van der Waals surface area contributed by atoms with Gasteiger partial charge in [0.1, 0.15) is 11.4 Å². The molecule has 1 aromatic carbocycles. The van der Waals surface area contributed by atoms with Gasteiger partial charge in [0.15, 0.2) is 0 Å². The molecule has 110 valence electrons. The van der Waals surface area contributed by atoms with Crippen LogP contribution in [0.2, 0.25) is 0 Å². The van der Waals surface area contributed by atoms with Crippen LogP contribution in [0.1, 0.15) is 20.3 Å². The van der Waals surface area contributed by atoms with Crippen molar-refractivity contribution in [3.05, 3.63) is 28.3 Å². The van der Waals surface area contributed by atoms with Crippen molar-refractivity contribution in [3.8, 4) is 5.75 Å². The summed E-state index contributed by atoms with van der Waals surface area (Å²) in [7, 11) is 2.83. The Kier molecular flexibility index (Phi) is 5.04. The van der Waals surface area contributed by atoms with E-state index in [0.29, 0.717) is 12.1 Å². The fraction of sp³-hybridized carbons (Fsp3) is 0.462. The zero-order valence-corrected chi connectivity index (χ0v) is 11.9. The smallest absolute Gasteiger partial charge is 0.273 e. The minimum Gasteiger partial charge on any atom is -0.494 e. The van der Waals surface area contributed by atoms with Crippen LogP contribution in [0.15, 0.2) is 18.2 Å². The highest BCUT2D eigenvalue weighted by Crippen LogP contribution is 2.30. The van der Waals surface area contributed by atoms with Gasteiger partial charge < -0.3 is 14.8 Å². The first-order valence-electron chi connectivity index (χ1n) is 6.07. The molecule has 7 heteroatoms. The average Bonchev–Trinajstić information content (AvgIpc) is 2.46. The van der Waals surface area contributed by atoms with Crippen molar-refractivity contribution in [2.24, 2.45) is 0 Å². The molecule has 0 saturated heterocycles.